The van der Waals surface area contributed by atoms with Crippen molar-refractivity contribution in [1.29, 1.82) is 0 Å². The van der Waals surface area contributed by atoms with Crippen LogP contribution in [0.5, 0.6) is 0 Å². The highest BCUT2D eigenvalue weighted by Gasteiger charge is 2.10. The SMILES string of the molecule is CN(C)c1ccc([N+](=O)[O-])cc1/C=N/n1cnnc1. The van der Waals surface area contributed by atoms with Crippen LogP contribution in [0.15, 0.2) is 36.0 Å². The number of non-ortho nitro benzene ring substituents is 1. The molecule has 0 spiro atoms. The van der Waals surface area contributed by atoms with E-state index in [4.69, 9.17) is 0 Å². The summed E-state index contributed by atoms with van der Waals surface area (Å²) in [4.78, 5) is 12.2. The molecule has 1 heterocycles. The Morgan fingerprint density at radius 1 is 1.37 bits per heavy atom. The van der Waals surface area contributed by atoms with Crippen LogP contribution < -0.4 is 4.90 Å². The lowest BCUT2D eigenvalue weighted by Gasteiger charge is -2.14. The van der Waals surface area contributed by atoms with E-state index in [1.165, 1.54) is 35.7 Å². The van der Waals surface area contributed by atoms with Gasteiger partial charge in [0.25, 0.3) is 5.69 Å². The van der Waals surface area contributed by atoms with Crippen LogP contribution >= 0.6 is 0 Å². The molecule has 0 amide bonds. The summed E-state index contributed by atoms with van der Waals surface area (Å²) in [5.74, 6) is 0. The van der Waals surface area contributed by atoms with Crippen molar-refractivity contribution in [3.05, 3.63) is 46.5 Å². The van der Waals surface area contributed by atoms with Crippen LogP contribution in [0.3, 0.4) is 0 Å². The summed E-state index contributed by atoms with van der Waals surface area (Å²) in [5, 5.41) is 22.1. The van der Waals surface area contributed by atoms with Crippen LogP contribution in [-0.2, 0) is 0 Å². The molecule has 0 N–H and O–H groups in total. The fourth-order valence-electron chi connectivity index (χ4n) is 1.55. The van der Waals surface area contributed by atoms with Gasteiger partial charge in [0.05, 0.1) is 11.1 Å². The smallest absolute Gasteiger partial charge is 0.270 e. The molecule has 0 fully saturated rings. The molecule has 0 saturated carbocycles. The molecular weight excluding hydrogens is 248 g/mol. The molecule has 0 aliphatic heterocycles. The molecule has 0 atom stereocenters. The molecule has 1 aromatic heterocycles. The molecular formula is C11H12N6O2. The monoisotopic (exact) mass is 260 g/mol. The highest BCUT2D eigenvalue weighted by atomic mass is 16.6. The van der Waals surface area contributed by atoms with Crippen molar-refractivity contribution in [2.24, 2.45) is 5.10 Å². The van der Waals surface area contributed by atoms with Crippen LogP contribution in [0.25, 0.3) is 0 Å². The molecule has 8 nitrogen and oxygen atoms in total. The third-order valence-corrected chi connectivity index (χ3v) is 2.44. The van der Waals surface area contributed by atoms with Gasteiger partial charge in [0.15, 0.2) is 0 Å². The van der Waals surface area contributed by atoms with Gasteiger partial charge in [0, 0.05) is 37.5 Å². The number of nitrogens with zero attached hydrogens (tertiary/aromatic N) is 6. The van der Waals surface area contributed by atoms with Crippen molar-refractivity contribution in [2.75, 3.05) is 19.0 Å². The lowest BCUT2D eigenvalue weighted by molar-refractivity contribution is -0.384. The van der Waals surface area contributed by atoms with Crippen LogP contribution in [0.4, 0.5) is 11.4 Å². The van der Waals surface area contributed by atoms with Gasteiger partial charge in [-0.05, 0) is 6.07 Å². The van der Waals surface area contributed by atoms with Crippen molar-refractivity contribution in [3.8, 4) is 0 Å². The Morgan fingerprint density at radius 2 is 2.05 bits per heavy atom. The molecule has 2 rings (SSSR count). The minimum atomic E-state index is -0.435. The zero-order valence-electron chi connectivity index (χ0n) is 10.5. The minimum Gasteiger partial charge on any atom is -0.377 e. The lowest BCUT2D eigenvalue weighted by Crippen LogP contribution is -2.11. The fraction of sp³-hybridized carbons (Fsp3) is 0.182. The predicted molar refractivity (Wildman–Crippen MR) is 70.4 cm³/mol. The van der Waals surface area contributed by atoms with Gasteiger partial charge in [0.1, 0.15) is 12.7 Å². The van der Waals surface area contributed by atoms with E-state index in [0.717, 1.165) is 5.69 Å². The maximum absolute atomic E-state index is 10.8. The molecule has 8 heteroatoms. The summed E-state index contributed by atoms with van der Waals surface area (Å²) in [6, 6.07) is 4.63. The second kappa shape index (κ2) is 5.25. The number of hydrogen-bond donors (Lipinski definition) is 0. The third-order valence-electron chi connectivity index (χ3n) is 2.44. The number of hydrogen-bond acceptors (Lipinski definition) is 6. The Bertz CT molecular complexity index is 606. The van der Waals surface area contributed by atoms with E-state index >= 15 is 0 Å². The molecule has 19 heavy (non-hydrogen) atoms. The molecule has 0 saturated heterocycles. The van der Waals surface area contributed by atoms with E-state index < -0.39 is 4.92 Å². The summed E-state index contributed by atoms with van der Waals surface area (Å²) in [6.07, 6.45) is 4.40. The Labute approximate surface area is 109 Å². The number of benzene rings is 1. The first-order chi connectivity index (χ1) is 9.08. The van der Waals surface area contributed by atoms with Crippen molar-refractivity contribution in [2.45, 2.75) is 0 Å². The standard InChI is InChI=1S/C11H12N6O2/c1-15(2)11-4-3-10(17(18)19)5-9(11)6-14-16-7-12-13-8-16/h3-8H,1-2H3/b14-6+. The maximum atomic E-state index is 10.8. The second-order valence-corrected chi connectivity index (χ2v) is 3.98. The Kier molecular flexibility index (Phi) is 3.51. The predicted octanol–water partition coefficient (Wildman–Crippen LogP) is 1.13. The number of aromatic nitrogens is 3. The van der Waals surface area contributed by atoms with Crippen molar-refractivity contribution < 1.29 is 4.92 Å². The molecule has 2 aromatic rings. The lowest BCUT2D eigenvalue weighted by atomic mass is 10.1. The van der Waals surface area contributed by atoms with Gasteiger partial charge >= 0.3 is 0 Å². The van der Waals surface area contributed by atoms with Gasteiger partial charge < -0.3 is 4.90 Å². The quantitative estimate of drug-likeness (QED) is 0.467. The molecule has 98 valence electrons. The molecule has 1 aromatic carbocycles. The largest absolute Gasteiger partial charge is 0.377 e. The van der Waals surface area contributed by atoms with Gasteiger partial charge in [-0.2, -0.15) is 5.10 Å². The van der Waals surface area contributed by atoms with E-state index in [1.54, 1.807) is 6.07 Å². The number of nitro groups is 1. The highest BCUT2D eigenvalue weighted by molar-refractivity contribution is 5.89. The van der Waals surface area contributed by atoms with Gasteiger partial charge in [0.2, 0.25) is 0 Å². The third kappa shape index (κ3) is 2.92. The Balaban J connectivity index is 2.40. The first-order valence-electron chi connectivity index (χ1n) is 5.42. The molecule has 0 aliphatic rings. The van der Waals surface area contributed by atoms with Crippen LogP contribution in [0.2, 0.25) is 0 Å². The molecule has 0 aliphatic carbocycles. The topological polar surface area (TPSA) is 89.5 Å². The fourth-order valence-corrected chi connectivity index (χ4v) is 1.55. The number of rotatable bonds is 4. The highest BCUT2D eigenvalue weighted by Crippen LogP contribution is 2.22. The first-order valence-corrected chi connectivity index (χ1v) is 5.42. The van der Waals surface area contributed by atoms with E-state index in [2.05, 4.69) is 15.3 Å². The maximum Gasteiger partial charge on any atom is 0.270 e. The van der Waals surface area contributed by atoms with Crippen LogP contribution in [0, 0.1) is 10.1 Å². The zero-order valence-corrected chi connectivity index (χ0v) is 10.5. The second-order valence-electron chi connectivity index (χ2n) is 3.98. The van der Waals surface area contributed by atoms with Crippen molar-refractivity contribution in [1.82, 2.24) is 14.9 Å². The minimum absolute atomic E-state index is 0.0239. The summed E-state index contributed by atoms with van der Waals surface area (Å²) < 4.78 is 1.41. The summed E-state index contributed by atoms with van der Waals surface area (Å²) in [5.41, 5.74) is 1.51. The Hall–Kier alpha value is -2.77. The molecule has 0 radical (unpaired) electrons. The van der Waals surface area contributed by atoms with E-state index in [0.29, 0.717) is 5.56 Å². The average molecular weight is 260 g/mol. The van der Waals surface area contributed by atoms with E-state index in [1.807, 2.05) is 19.0 Å². The molecule has 0 unspecified atom stereocenters. The normalized spacial score (nSPS) is 10.8. The van der Waals surface area contributed by atoms with Crippen LogP contribution in [-0.4, -0.2) is 40.1 Å². The zero-order chi connectivity index (χ0) is 13.8. The van der Waals surface area contributed by atoms with Crippen molar-refractivity contribution in [3.63, 3.8) is 0 Å². The Morgan fingerprint density at radius 3 is 2.63 bits per heavy atom. The van der Waals surface area contributed by atoms with E-state index in [-0.39, 0.29) is 5.69 Å². The van der Waals surface area contributed by atoms with Crippen LogP contribution in [0.1, 0.15) is 5.56 Å². The van der Waals surface area contributed by atoms with Gasteiger partial charge in [-0.3, -0.25) is 10.1 Å². The van der Waals surface area contributed by atoms with Gasteiger partial charge in [-0.15, -0.1) is 10.2 Å². The first kappa shape index (κ1) is 12.7. The number of anilines is 1. The van der Waals surface area contributed by atoms with E-state index in [9.17, 15) is 10.1 Å². The van der Waals surface area contributed by atoms with Crippen molar-refractivity contribution >= 4 is 17.6 Å². The van der Waals surface area contributed by atoms with Gasteiger partial charge in [-0.25, -0.2) is 4.68 Å². The summed E-state index contributed by atoms with van der Waals surface area (Å²) in [7, 11) is 3.72. The average Bonchev–Trinajstić information content (AvgIpc) is 2.88. The summed E-state index contributed by atoms with van der Waals surface area (Å²) in [6.45, 7) is 0. The number of nitro benzene ring substituents is 1. The molecule has 0 bridgehead atoms. The van der Waals surface area contributed by atoms with Gasteiger partial charge in [-0.1, -0.05) is 0 Å². The summed E-state index contributed by atoms with van der Waals surface area (Å²) >= 11 is 0.